The molecule has 3 atom stereocenters. The number of hydrogen-bond acceptors (Lipinski definition) is 2. The van der Waals surface area contributed by atoms with E-state index in [4.69, 9.17) is 4.74 Å². The molecule has 0 aromatic rings. The first-order valence-electron chi connectivity index (χ1n) is 6.23. The highest BCUT2D eigenvalue weighted by atomic mass is 16.5. The van der Waals surface area contributed by atoms with Gasteiger partial charge in [-0.3, -0.25) is 0 Å². The summed E-state index contributed by atoms with van der Waals surface area (Å²) >= 11 is 0. The molecule has 0 aliphatic heterocycles. The quantitative estimate of drug-likeness (QED) is 0.775. The van der Waals surface area contributed by atoms with E-state index < -0.39 is 0 Å². The Kier molecular flexibility index (Phi) is 4.60. The maximum Gasteiger partial charge on any atom is 0.0746 e. The van der Waals surface area contributed by atoms with E-state index in [0.717, 1.165) is 18.4 Å². The average Bonchev–Trinajstić information content (AvgIpc) is 2.16. The van der Waals surface area contributed by atoms with E-state index in [1.807, 2.05) is 0 Å². The van der Waals surface area contributed by atoms with Crippen molar-refractivity contribution in [3.8, 4) is 0 Å². The van der Waals surface area contributed by atoms with Crippen LogP contribution in [0.5, 0.6) is 0 Å². The van der Waals surface area contributed by atoms with E-state index in [1.54, 1.807) is 7.11 Å². The summed E-state index contributed by atoms with van der Waals surface area (Å²) < 4.78 is 5.42. The fourth-order valence-corrected chi connectivity index (χ4v) is 2.42. The van der Waals surface area contributed by atoms with E-state index in [2.05, 4.69) is 33.0 Å². The van der Waals surface area contributed by atoms with Gasteiger partial charge < -0.3 is 10.1 Å². The highest BCUT2D eigenvalue weighted by Crippen LogP contribution is 2.28. The van der Waals surface area contributed by atoms with Gasteiger partial charge in [0.15, 0.2) is 0 Å². The van der Waals surface area contributed by atoms with Crippen molar-refractivity contribution in [2.75, 3.05) is 13.7 Å². The zero-order valence-electron chi connectivity index (χ0n) is 11.0. The van der Waals surface area contributed by atoms with Gasteiger partial charge in [0, 0.05) is 19.7 Å². The highest BCUT2D eigenvalue weighted by molar-refractivity contribution is 4.83. The largest absolute Gasteiger partial charge is 0.377 e. The molecule has 0 saturated heterocycles. The molecule has 0 amide bonds. The first kappa shape index (κ1) is 13.0. The Morgan fingerprint density at radius 2 is 1.93 bits per heavy atom. The van der Waals surface area contributed by atoms with Crippen LogP contribution in [-0.4, -0.2) is 25.3 Å². The van der Waals surface area contributed by atoms with Gasteiger partial charge in [-0.25, -0.2) is 0 Å². The van der Waals surface area contributed by atoms with Crippen molar-refractivity contribution in [2.24, 2.45) is 11.8 Å². The SMILES string of the molecule is COC(C)(C)CNC1CCC(C)CC1C. The van der Waals surface area contributed by atoms with Gasteiger partial charge in [0.2, 0.25) is 0 Å². The zero-order valence-corrected chi connectivity index (χ0v) is 11.0. The lowest BCUT2D eigenvalue weighted by molar-refractivity contribution is 0.0176. The summed E-state index contributed by atoms with van der Waals surface area (Å²) in [7, 11) is 1.79. The van der Waals surface area contributed by atoms with Crippen LogP contribution in [0.15, 0.2) is 0 Å². The lowest BCUT2D eigenvalue weighted by Gasteiger charge is -2.35. The fourth-order valence-electron chi connectivity index (χ4n) is 2.42. The lowest BCUT2D eigenvalue weighted by atomic mass is 9.80. The number of nitrogens with one attached hydrogen (secondary N) is 1. The Hall–Kier alpha value is -0.0800. The molecule has 1 saturated carbocycles. The van der Waals surface area contributed by atoms with Gasteiger partial charge in [-0.1, -0.05) is 13.8 Å². The molecule has 0 aromatic carbocycles. The minimum atomic E-state index is -0.0389. The Morgan fingerprint density at radius 1 is 1.27 bits per heavy atom. The minimum Gasteiger partial charge on any atom is -0.377 e. The zero-order chi connectivity index (χ0) is 11.5. The van der Waals surface area contributed by atoms with Crippen molar-refractivity contribution in [1.29, 1.82) is 0 Å². The fraction of sp³-hybridized carbons (Fsp3) is 1.00. The van der Waals surface area contributed by atoms with E-state index in [-0.39, 0.29) is 5.60 Å². The summed E-state index contributed by atoms with van der Waals surface area (Å²) in [6.45, 7) is 9.96. The Morgan fingerprint density at radius 3 is 2.47 bits per heavy atom. The Labute approximate surface area is 94.8 Å². The van der Waals surface area contributed by atoms with Gasteiger partial charge >= 0.3 is 0 Å². The van der Waals surface area contributed by atoms with Crippen LogP contribution >= 0.6 is 0 Å². The van der Waals surface area contributed by atoms with Crippen LogP contribution in [0.2, 0.25) is 0 Å². The van der Waals surface area contributed by atoms with Crippen LogP contribution in [0.25, 0.3) is 0 Å². The minimum absolute atomic E-state index is 0.0389. The molecule has 15 heavy (non-hydrogen) atoms. The average molecular weight is 213 g/mol. The van der Waals surface area contributed by atoms with Crippen molar-refractivity contribution in [2.45, 2.75) is 58.6 Å². The third-order valence-electron chi connectivity index (χ3n) is 3.77. The van der Waals surface area contributed by atoms with Crippen LogP contribution in [0.4, 0.5) is 0 Å². The third kappa shape index (κ3) is 4.12. The molecular weight excluding hydrogens is 186 g/mol. The third-order valence-corrected chi connectivity index (χ3v) is 3.77. The second-order valence-electron chi connectivity index (χ2n) is 5.85. The second kappa shape index (κ2) is 5.31. The molecule has 0 radical (unpaired) electrons. The molecule has 0 aromatic heterocycles. The number of rotatable bonds is 4. The summed E-state index contributed by atoms with van der Waals surface area (Å²) in [6.07, 6.45) is 4.06. The number of ether oxygens (including phenoxy) is 1. The first-order valence-corrected chi connectivity index (χ1v) is 6.23. The molecule has 0 bridgehead atoms. The predicted molar refractivity (Wildman–Crippen MR) is 65.1 cm³/mol. The molecule has 1 aliphatic rings. The molecule has 1 rings (SSSR count). The molecule has 0 heterocycles. The van der Waals surface area contributed by atoms with Gasteiger partial charge in [-0.15, -0.1) is 0 Å². The van der Waals surface area contributed by atoms with Gasteiger partial charge in [0.1, 0.15) is 0 Å². The van der Waals surface area contributed by atoms with Crippen LogP contribution in [0, 0.1) is 11.8 Å². The lowest BCUT2D eigenvalue weighted by Crippen LogP contribution is -2.46. The van der Waals surface area contributed by atoms with Crippen molar-refractivity contribution in [1.82, 2.24) is 5.32 Å². The van der Waals surface area contributed by atoms with E-state index in [0.29, 0.717) is 6.04 Å². The van der Waals surface area contributed by atoms with Crippen LogP contribution < -0.4 is 5.32 Å². The first-order chi connectivity index (χ1) is 6.94. The second-order valence-corrected chi connectivity index (χ2v) is 5.85. The Balaban J connectivity index is 2.33. The summed E-state index contributed by atoms with van der Waals surface area (Å²) in [5.41, 5.74) is -0.0389. The van der Waals surface area contributed by atoms with Crippen molar-refractivity contribution in [3.63, 3.8) is 0 Å². The summed E-state index contributed by atoms with van der Waals surface area (Å²) in [4.78, 5) is 0. The molecule has 0 spiro atoms. The van der Waals surface area contributed by atoms with Crippen LogP contribution in [0.3, 0.4) is 0 Å². The summed E-state index contributed by atoms with van der Waals surface area (Å²) in [5.74, 6) is 1.72. The van der Waals surface area contributed by atoms with Crippen LogP contribution in [-0.2, 0) is 4.74 Å². The van der Waals surface area contributed by atoms with Gasteiger partial charge in [-0.05, 0) is 44.9 Å². The maximum atomic E-state index is 5.42. The van der Waals surface area contributed by atoms with Crippen molar-refractivity contribution < 1.29 is 4.74 Å². The normalized spacial score (nSPS) is 33.0. The topological polar surface area (TPSA) is 21.3 Å². The summed E-state index contributed by atoms with van der Waals surface area (Å²) in [5, 5.41) is 3.66. The van der Waals surface area contributed by atoms with Gasteiger partial charge in [0.25, 0.3) is 0 Å². The van der Waals surface area contributed by atoms with E-state index >= 15 is 0 Å². The molecular formula is C13H27NO. The molecule has 2 heteroatoms. The van der Waals surface area contributed by atoms with Crippen molar-refractivity contribution >= 4 is 0 Å². The Bertz CT molecular complexity index is 191. The van der Waals surface area contributed by atoms with Gasteiger partial charge in [-0.2, -0.15) is 0 Å². The molecule has 1 aliphatic carbocycles. The number of methoxy groups -OCH3 is 1. The predicted octanol–water partition coefficient (Wildman–Crippen LogP) is 2.83. The maximum absolute atomic E-state index is 5.42. The molecule has 1 N–H and O–H groups in total. The molecule has 90 valence electrons. The van der Waals surface area contributed by atoms with Crippen molar-refractivity contribution in [3.05, 3.63) is 0 Å². The standard InChI is InChI=1S/C13H27NO/c1-10-6-7-12(11(2)8-10)14-9-13(3,4)15-5/h10-12,14H,6-9H2,1-5H3. The smallest absolute Gasteiger partial charge is 0.0746 e. The number of hydrogen-bond donors (Lipinski definition) is 1. The van der Waals surface area contributed by atoms with E-state index in [9.17, 15) is 0 Å². The van der Waals surface area contributed by atoms with E-state index in [1.165, 1.54) is 19.3 Å². The molecule has 1 fully saturated rings. The highest BCUT2D eigenvalue weighted by Gasteiger charge is 2.26. The monoisotopic (exact) mass is 213 g/mol. The summed E-state index contributed by atoms with van der Waals surface area (Å²) in [6, 6.07) is 0.690. The van der Waals surface area contributed by atoms with Crippen LogP contribution in [0.1, 0.15) is 47.0 Å². The molecule has 2 nitrogen and oxygen atoms in total. The molecule has 3 unspecified atom stereocenters. The van der Waals surface area contributed by atoms with Gasteiger partial charge in [0.05, 0.1) is 5.60 Å².